The van der Waals surface area contributed by atoms with E-state index in [0.29, 0.717) is 5.76 Å². The second-order valence-corrected chi connectivity index (χ2v) is 8.15. The molecule has 1 fully saturated rings. The second-order valence-electron chi connectivity index (χ2n) is 8.15. The molecule has 0 amide bonds. The molecule has 1 aromatic heterocycles. The summed E-state index contributed by atoms with van der Waals surface area (Å²) in [6.07, 6.45) is -4.49. The molecule has 27 heavy (non-hydrogen) atoms. The molecule has 8 nitrogen and oxygen atoms in total. The highest BCUT2D eigenvalue weighted by molar-refractivity contribution is 5.76. The number of hydrogen-bond donors (Lipinski definition) is 2. The van der Waals surface area contributed by atoms with Crippen molar-refractivity contribution in [2.45, 2.75) is 82.9 Å². The van der Waals surface area contributed by atoms with E-state index in [1.807, 2.05) is 0 Å². The first kappa shape index (κ1) is 21.8. The lowest BCUT2D eigenvalue weighted by Gasteiger charge is -2.47. The van der Waals surface area contributed by atoms with E-state index in [1.54, 1.807) is 46.8 Å². The van der Waals surface area contributed by atoms with Gasteiger partial charge in [0, 0.05) is 7.11 Å². The summed E-state index contributed by atoms with van der Waals surface area (Å²) in [5, 5.41) is 21.2. The van der Waals surface area contributed by atoms with Gasteiger partial charge in [-0.25, -0.2) is 4.79 Å². The minimum absolute atomic E-state index is 0.0785. The van der Waals surface area contributed by atoms with Gasteiger partial charge in [0.15, 0.2) is 6.10 Å². The van der Waals surface area contributed by atoms with Crippen LogP contribution in [-0.2, 0) is 30.3 Å². The van der Waals surface area contributed by atoms with Crippen molar-refractivity contribution in [3.8, 4) is 0 Å². The number of ether oxygens (including phenoxy) is 4. The lowest BCUT2D eigenvalue weighted by atomic mass is 9.86. The van der Waals surface area contributed by atoms with E-state index >= 15 is 0 Å². The van der Waals surface area contributed by atoms with Crippen LogP contribution >= 0.6 is 0 Å². The van der Waals surface area contributed by atoms with Crippen LogP contribution in [0.2, 0.25) is 0 Å². The van der Waals surface area contributed by atoms with Gasteiger partial charge in [0.2, 0.25) is 0 Å². The van der Waals surface area contributed by atoms with Crippen LogP contribution in [0.5, 0.6) is 0 Å². The summed E-state index contributed by atoms with van der Waals surface area (Å²) in [4.78, 5) is 12.7. The van der Waals surface area contributed by atoms with Gasteiger partial charge in [-0.1, -0.05) is 0 Å². The third-order valence-corrected chi connectivity index (χ3v) is 4.46. The largest absolute Gasteiger partial charge is 0.466 e. The minimum atomic E-state index is -1.36. The number of carbonyl (C=O) groups excluding carboxylic acids is 1. The van der Waals surface area contributed by atoms with Gasteiger partial charge in [0.05, 0.1) is 17.5 Å². The van der Waals surface area contributed by atoms with Gasteiger partial charge in [-0.05, 0) is 46.8 Å². The molecule has 1 aromatic rings. The van der Waals surface area contributed by atoms with Crippen molar-refractivity contribution in [2.75, 3.05) is 7.11 Å². The normalized spacial score (nSPS) is 29.6. The highest BCUT2D eigenvalue weighted by Crippen LogP contribution is 2.33. The summed E-state index contributed by atoms with van der Waals surface area (Å²) < 4.78 is 27.5. The van der Waals surface area contributed by atoms with Gasteiger partial charge in [-0.2, -0.15) is 0 Å². The van der Waals surface area contributed by atoms with Crippen LogP contribution in [0.1, 0.15) is 40.4 Å². The van der Waals surface area contributed by atoms with E-state index < -0.39 is 47.7 Å². The van der Waals surface area contributed by atoms with Crippen LogP contribution in [0.3, 0.4) is 0 Å². The standard InChI is InChI=1S/C19H30O8/c1-18(2,3)27-14-12(20)13(21)16(19(4,5)23-6)26-15(14)17(22)25-10-11-8-7-9-24-11/h7-9,12-16,20-21H,10H2,1-6H3/t12-,13+,14+,15?,16-/m1/s1. The molecule has 2 N–H and O–H groups in total. The van der Waals surface area contributed by atoms with Crippen molar-refractivity contribution in [3.63, 3.8) is 0 Å². The third kappa shape index (κ3) is 5.30. The fourth-order valence-corrected chi connectivity index (χ4v) is 2.91. The van der Waals surface area contributed by atoms with E-state index in [9.17, 15) is 15.0 Å². The van der Waals surface area contributed by atoms with Crippen molar-refractivity contribution in [3.05, 3.63) is 24.2 Å². The fourth-order valence-electron chi connectivity index (χ4n) is 2.91. The Balaban J connectivity index is 2.23. The molecule has 0 saturated carbocycles. The summed E-state index contributed by atoms with van der Waals surface area (Å²) in [5.74, 6) is -0.245. The van der Waals surface area contributed by atoms with Crippen molar-refractivity contribution >= 4 is 5.97 Å². The lowest BCUT2D eigenvalue weighted by molar-refractivity contribution is -0.284. The van der Waals surface area contributed by atoms with Gasteiger partial charge < -0.3 is 33.6 Å². The molecule has 0 aromatic carbocycles. The average molecular weight is 386 g/mol. The molecule has 1 saturated heterocycles. The summed E-state index contributed by atoms with van der Waals surface area (Å²) in [7, 11) is 1.46. The number of rotatable bonds is 6. The maximum absolute atomic E-state index is 12.7. The quantitative estimate of drug-likeness (QED) is 0.707. The summed E-state index contributed by atoms with van der Waals surface area (Å²) in [6.45, 7) is 8.66. The molecule has 2 rings (SSSR count). The zero-order valence-corrected chi connectivity index (χ0v) is 16.7. The smallest absolute Gasteiger partial charge is 0.338 e. The molecule has 0 aliphatic carbocycles. The van der Waals surface area contributed by atoms with E-state index in [-0.39, 0.29) is 6.61 Å². The lowest BCUT2D eigenvalue weighted by Crippen LogP contribution is -2.66. The highest BCUT2D eigenvalue weighted by atomic mass is 16.6. The van der Waals surface area contributed by atoms with Gasteiger partial charge >= 0.3 is 5.97 Å². The van der Waals surface area contributed by atoms with Crippen LogP contribution < -0.4 is 0 Å². The van der Waals surface area contributed by atoms with Gasteiger partial charge in [0.1, 0.15) is 36.8 Å². The first-order chi connectivity index (χ1) is 12.5. The van der Waals surface area contributed by atoms with E-state index in [2.05, 4.69) is 0 Å². The minimum Gasteiger partial charge on any atom is -0.466 e. The van der Waals surface area contributed by atoms with E-state index in [0.717, 1.165) is 0 Å². The van der Waals surface area contributed by atoms with Gasteiger partial charge in [-0.3, -0.25) is 0 Å². The Bertz CT molecular complexity index is 604. The Kier molecular flexibility index (Phi) is 6.70. The van der Waals surface area contributed by atoms with E-state index in [4.69, 9.17) is 23.4 Å². The van der Waals surface area contributed by atoms with Crippen LogP contribution in [-0.4, -0.2) is 65.0 Å². The number of carbonyl (C=O) groups is 1. The number of furan rings is 1. The van der Waals surface area contributed by atoms with Crippen LogP contribution in [0.4, 0.5) is 0 Å². The third-order valence-electron chi connectivity index (χ3n) is 4.46. The topological polar surface area (TPSA) is 108 Å². The van der Waals surface area contributed by atoms with Crippen molar-refractivity contribution in [1.82, 2.24) is 0 Å². The number of hydrogen-bond acceptors (Lipinski definition) is 8. The van der Waals surface area contributed by atoms with Crippen molar-refractivity contribution in [2.24, 2.45) is 0 Å². The van der Waals surface area contributed by atoms with Crippen molar-refractivity contribution in [1.29, 1.82) is 0 Å². The first-order valence-corrected chi connectivity index (χ1v) is 8.90. The van der Waals surface area contributed by atoms with Crippen LogP contribution in [0.25, 0.3) is 0 Å². The number of methoxy groups -OCH3 is 1. The zero-order valence-electron chi connectivity index (χ0n) is 16.7. The maximum atomic E-state index is 12.7. The van der Waals surface area contributed by atoms with E-state index in [1.165, 1.54) is 13.4 Å². The monoisotopic (exact) mass is 386 g/mol. The van der Waals surface area contributed by atoms with Gasteiger partial charge in [-0.15, -0.1) is 0 Å². The Morgan fingerprint density at radius 3 is 2.37 bits per heavy atom. The summed E-state index contributed by atoms with van der Waals surface area (Å²) >= 11 is 0. The molecule has 1 aliphatic heterocycles. The average Bonchev–Trinajstić information content (AvgIpc) is 3.09. The number of aliphatic hydroxyl groups excluding tert-OH is 2. The van der Waals surface area contributed by atoms with Gasteiger partial charge in [0.25, 0.3) is 0 Å². The summed E-state index contributed by atoms with van der Waals surface area (Å²) in [5.41, 5.74) is -1.63. The highest BCUT2D eigenvalue weighted by Gasteiger charge is 2.54. The molecule has 0 spiro atoms. The predicted octanol–water partition coefficient (Wildman–Crippen LogP) is 1.42. The van der Waals surface area contributed by atoms with Crippen LogP contribution in [0.15, 0.2) is 22.8 Å². The second kappa shape index (κ2) is 8.28. The Morgan fingerprint density at radius 2 is 1.85 bits per heavy atom. The molecular formula is C19H30O8. The molecule has 8 heteroatoms. The predicted molar refractivity (Wildman–Crippen MR) is 94.9 cm³/mol. The number of esters is 1. The fraction of sp³-hybridized carbons (Fsp3) is 0.737. The molecule has 0 bridgehead atoms. The molecular weight excluding hydrogens is 356 g/mol. The Labute approximate surface area is 159 Å². The zero-order chi connectivity index (χ0) is 20.4. The molecule has 154 valence electrons. The molecule has 1 unspecified atom stereocenters. The maximum Gasteiger partial charge on any atom is 0.338 e. The van der Waals surface area contributed by atoms with Crippen LogP contribution in [0, 0.1) is 0 Å². The molecule has 5 atom stereocenters. The first-order valence-electron chi connectivity index (χ1n) is 8.90. The molecule has 1 aliphatic rings. The Morgan fingerprint density at radius 1 is 1.19 bits per heavy atom. The van der Waals surface area contributed by atoms with Crippen molar-refractivity contribution < 1.29 is 38.4 Å². The Hall–Kier alpha value is -1.45. The SMILES string of the molecule is COC(C)(C)[C@@H]1OC(C(=O)OCc2ccco2)[C@@H](OC(C)(C)C)[C@H](O)[C@@H]1O. The molecule has 2 heterocycles. The number of aliphatic hydroxyl groups is 2. The summed E-state index contributed by atoms with van der Waals surface area (Å²) in [6, 6.07) is 3.36. The molecule has 0 radical (unpaired) electrons.